The van der Waals surface area contributed by atoms with Crippen molar-refractivity contribution in [1.82, 2.24) is 10.2 Å². The minimum atomic E-state index is -0.880. The van der Waals surface area contributed by atoms with Gasteiger partial charge in [-0.1, -0.05) is 31.2 Å². The van der Waals surface area contributed by atoms with Crippen LogP contribution in [-0.4, -0.2) is 35.1 Å². The van der Waals surface area contributed by atoms with Crippen LogP contribution in [0.1, 0.15) is 36.8 Å². The van der Waals surface area contributed by atoms with E-state index in [0.717, 1.165) is 24.0 Å². The Kier molecular flexibility index (Phi) is 3.35. The molecular formula is C16H20N2O3. The molecule has 1 heterocycles. The molecule has 3 rings (SSSR count). The normalized spacial score (nSPS) is 22.3. The Morgan fingerprint density at radius 1 is 1.38 bits per heavy atom. The molecule has 0 radical (unpaired) electrons. The first-order valence-electron chi connectivity index (χ1n) is 7.32. The lowest BCUT2D eigenvalue weighted by Gasteiger charge is -2.33. The lowest BCUT2D eigenvalue weighted by Crippen LogP contribution is -2.46. The maximum absolute atomic E-state index is 12.3. The third-order valence-electron chi connectivity index (χ3n) is 4.55. The Bertz CT molecular complexity index is 581. The molecule has 0 bridgehead atoms. The van der Waals surface area contributed by atoms with E-state index in [2.05, 4.69) is 12.2 Å². The van der Waals surface area contributed by atoms with Crippen LogP contribution >= 0.6 is 0 Å². The van der Waals surface area contributed by atoms with Crippen molar-refractivity contribution in [3.8, 4) is 0 Å². The number of carbonyl (C=O) groups is 2. The first kappa shape index (κ1) is 13.9. The van der Waals surface area contributed by atoms with Gasteiger partial charge in [0, 0.05) is 19.6 Å². The number of aliphatic carboxylic acids is 1. The molecule has 1 aromatic rings. The number of hydrogen-bond donors (Lipinski definition) is 2. The van der Waals surface area contributed by atoms with Crippen LogP contribution in [0.4, 0.5) is 4.79 Å². The molecule has 5 nitrogen and oxygen atoms in total. The summed E-state index contributed by atoms with van der Waals surface area (Å²) in [5.74, 6) is -1.52. The molecule has 1 fully saturated rings. The predicted molar refractivity (Wildman–Crippen MR) is 78.0 cm³/mol. The first-order chi connectivity index (χ1) is 9.98. The van der Waals surface area contributed by atoms with E-state index in [1.54, 1.807) is 4.90 Å². The van der Waals surface area contributed by atoms with Crippen LogP contribution in [0.3, 0.4) is 0 Å². The molecule has 2 N–H and O–H groups in total. The minimum Gasteiger partial charge on any atom is -0.481 e. The standard InChI is InChI=1S/C16H20N2O3/c1-16(6-7-16)10-17-15(21)18-8-11-4-2-3-5-12(11)13(9-18)14(19)20/h2-5,13H,6-10H2,1H3,(H,17,21)(H,19,20). The van der Waals surface area contributed by atoms with Crippen molar-refractivity contribution in [1.29, 1.82) is 0 Å². The highest BCUT2D eigenvalue weighted by atomic mass is 16.4. The third-order valence-corrected chi connectivity index (χ3v) is 4.55. The van der Waals surface area contributed by atoms with Crippen molar-refractivity contribution >= 4 is 12.0 Å². The van der Waals surface area contributed by atoms with Crippen molar-refractivity contribution < 1.29 is 14.7 Å². The molecule has 1 aromatic carbocycles. The first-order valence-corrected chi connectivity index (χ1v) is 7.32. The number of fused-ring (bicyclic) bond motifs is 1. The Balaban J connectivity index is 1.73. The summed E-state index contributed by atoms with van der Waals surface area (Å²) in [4.78, 5) is 25.3. The summed E-state index contributed by atoms with van der Waals surface area (Å²) < 4.78 is 0. The number of carbonyl (C=O) groups excluding carboxylic acids is 1. The Labute approximate surface area is 123 Å². The lowest BCUT2D eigenvalue weighted by atomic mass is 9.90. The summed E-state index contributed by atoms with van der Waals surface area (Å²) in [6.07, 6.45) is 2.29. The third kappa shape index (κ3) is 2.86. The molecule has 2 aliphatic rings. The van der Waals surface area contributed by atoms with Crippen molar-refractivity contribution in [2.24, 2.45) is 5.41 Å². The van der Waals surface area contributed by atoms with Crippen molar-refractivity contribution in [2.45, 2.75) is 32.2 Å². The summed E-state index contributed by atoms with van der Waals surface area (Å²) in [6.45, 7) is 3.53. The second-order valence-corrected chi connectivity index (χ2v) is 6.44. The number of rotatable bonds is 3. The average Bonchev–Trinajstić information content (AvgIpc) is 3.21. The van der Waals surface area contributed by atoms with Gasteiger partial charge in [0.25, 0.3) is 0 Å². The fourth-order valence-corrected chi connectivity index (χ4v) is 2.76. The SMILES string of the molecule is CC1(CNC(=O)N2Cc3ccccc3C(C(=O)O)C2)CC1. The number of carboxylic acids is 1. The number of carboxylic acid groups (broad SMARTS) is 1. The number of benzene rings is 1. The van der Waals surface area contributed by atoms with Gasteiger partial charge in [0.05, 0.1) is 5.92 Å². The van der Waals surface area contributed by atoms with E-state index in [1.165, 1.54) is 0 Å². The lowest BCUT2D eigenvalue weighted by molar-refractivity contribution is -0.139. The molecule has 112 valence electrons. The minimum absolute atomic E-state index is 0.163. The maximum Gasteiger partial charge on any atom is 0.317 e. The smallest absolute Gasteiger partial charge is 0.317 e. The van der Waals surface area contributed by atoms with Gasteiger partial charge in [-0.15, -0.1) is 0 Å². The second-order valence-electron chi connectivity index (χ2n) is 6.44. The van der Waals surface area contributed by atoms with Crippen molar-refractivity contribution in [2.75, 3.05) is 13.1 Å². The number of amides is 2. The van der Waals surface area contributed by atoms with Gasteiger partial charge < -0.3 is 15.3 Å². The summed E-state index contributed by atoms with van der Waals surface area (Å²) in [6, 6.07) is 7.30. The Morgan fingerprint density at radius 2 is 2.10 bits per heavy atom. The molecule has 1 saturated carbocycles. The summed E-state index contributed by atoms with van der Waals surface area (Å²) in [5.41, 5.74) is 1.99. The molecule has 0 saturated heterocycles. The summed E-state index contributed by atoms with van der Waals surface area (Å²) in [5, 5.41) is 12.3. The van der Waals surface area contributed by atoms with Crippen LogP contribution in [0, 0.1) is 5.41 Å². The van der Waals surface area contributed by atoms with Gasteiger partial charge >= 0.3 is 12.0 Å². The van der Waals surface area contributed by atoms with Crippen molar-refractivity contribution in [3.63, 3.8) is 0 Å². The highest BCUT2D eigenvalue weighted by molar-refractivity contribution is 5.80. The van der Waals surface area contributed by atoms with Crippen LogP contribution in [0.5, 0.6) is 0 Å². The zero-order valence-electron chi connectivity index (χ0n) is 12.1. The van der Waals surface area contributed by atoms with Crippen LogP contribution in [0.25, 0.3) is 0 Å². The predicted octanol–water partition coefficient (Wildman–Crippen LogP) is 2.18. The van der Waals surface area contributed by atoms with E-state index in [9.17, 15) is 14.7 Å². The molecule has 21 heavy (non-hydrogen) atoms. The monoisotopic (exact) mass is 288 g/mol. The van der Waals surface area contributed by atoms with Gasteiger partial charge in [-0.05, 0) is 29.4 Å². The van der Waals surface area contributed by atoms with Crippen LogP contribution in [-0.2, 0) is 11.3 Å². The van der Waals surface area contributed by atoms with Gasteiger partial charge in [-0.2, -0.15) is 0 Å². The fourth-order valence-electron chi connectivity index (χ4n) is 2.76. The molecule has 1 aliphatic carbocycles. The quantitative estimate of drug-likeness (QED) is 0.895. The topological polar surface area (TPSA) is 69.6 Å². The van der Waals surface area contributed by atoms with Crippen LogP contribution in [0.2, 0.25) is 0 Å². The molecule has 0 spiro atoms. The second kappa shape index (κ2) is 5.06. The maximum atomic E-state index is 12.3. The molecule has 0 aromatic heterocycles. The fraction of sp³-hybridized carbons (Fsp3) is 0.500. The highest BCUT2D eigenvalue weighted by Gasteiger charge is 2.38. The highest BCUT2D eigenvalue weighted by Crippen LogP contribution is 2.44. The number of nitrogens with zero attached hydrogens (tertiary/aromatic N) is 1. The molecular weight excluding hydrogens is 268 g/mol. The van der Waals surface area contributed by atoms with Crippen molar-refractivity contribution in [3.05, 3.63) is 35.4 Å². The van der Waals surface area contributed by atoms with E-state index < -0.39 is 11.9 Å². The average molecular weight is 288 g/mol. The van der Waals surface area contributed by atoms with Gasteiger partial charge in [0.15, 0.2) is 0 Å². The van der Waals surface area contributed by atoms with E-state index in [0.29, 0.717) is 13.1 Å². The van der Waals surface area contributed by atoms with E-state index in [-0.39, 0.29) is 18.0 Å². The zero-order chi connectivity index (χ0) is 15.0. The van der Waals surface area contributed by atoms with Gasteiger partial charge in [0.1, 0.15) is 0 Å². The van der Waals surface area contributed by atoms with Gasteiger partial charge in [-0.25, -0.2) is 4.79 Å². The molecule has 5 heteroatoms. The van der Waals surface area contributed by atoms with Gasteiger partial charge in [-0.3, -0.25) is 4.79 Å². The summed E-state index contributed by atoms with van der Waals surface area (Å²) in [7, 11) is 0. The molecule has 1 aliphatic heterocycles. The number of urea groups is 1. The van der Waals surface area contributed by atoms with Gasteiger partial charge in [0.2, 0.25) is 0 Å². The number of hydrogen-bond acceptors (Lipinski definition) is 2. The largest absolute Gasteiger partial charge is 0.481 e. The number of nitrogens with one attached hydrogen (secondary N) is 1. The Morgan fingerprint density at radius 3 is 2.76 bits per heavy atom. The molecule has 1 unspecified atom stereocenters. The zero-order valence-corrected chi connectivity index (χ0v) is 12.1. The van der Waals surface area contributed by atoms with Crippen LogP contribution in [0.15, 0.2) is 24.3 Å². The Hall–Kier alpha value is -2.04. The van der Waals surface area contributed by atoms with E-state index in [1.807, 2.05) is 24.3 Å². The van der Waals surface area contributed by atoms with Crippen LogP contribution < -0.4 is 5.32 Å². The van der Waals surface area contributed by atoms with E-state index in [4.69, 9.17) is 0 Å². The molecule has 1 atom stereocenters. The molecule has 2 amide bonds. The van der Waals surface area contributed by atoms with E-state index >= 15 is 0 Å². The summed E-state index contributed by atoms with van der Waals surface area (Å²) >= 11 is 0.